The fourth-order valence-electron chi connectivity index (χ4n) is 9.31. The van der Waals surface area contributed by atoms with Gasteiger partial charge in [-0.25, -0.2) is 13.2 Å². The maximum Gasteiger partial charge on any atom is 0.400 e. The highest BCUT2D eigenvalue weighted by Gasteiger charge is 2.49. The van der Waals surface area contributed by atoms with Gasteiger partial charge in [-0.15, -0.1) is 0 Å². The van der Waals surface area contributed by atoms with E-state index in [-0.39, 0.29) is 25.7 Å². The summed E-state index contributed by atoms with van der Waals surface area (Å²) < 4.78 is 110. The molecule has 0 unspecified atom stereocenters. The topological polar surface area (TPSA) is 18.5 Å². The van der Waals surface area contributed by atoms with E-state index in [1.54, 1.807) is 0 Å². The Balaban J connectivity index is 1.00. The largest absolute Gasteiger partial charge is 0.432 e. The molecule has 0 saturated heterocycles. The highest BCUT2D eigenvalue weighted by atomic mass is 19.3. The van der Waals surface area contributed by atoms with Gasteiger partial charge in [-0.1, -0.05) is 45.4 Å². The normalized spacial score (nSPS) is 33.1. The van der Waals surface area contributed by atoms with Crippen LogP contribution in [0.1, 0.15) is 135 Å². The van der Waals surface area contributed by atoms with Gasteiger partial charge in [0, 0.05) is 12.1 Å². The third kappa shape index (κ3) is 9.13. The van der Waals surface area contributed by atoms with E-state index in [0.717, 1.165) is 30.6 Å². The fraction of sp³-hybridized carbons (Fsp3) is 0.838. The molecule has 0 amide bonds. The molecule has 0 spiro atoms. The average molecular weight is 663 g/mol. The van der Waals surface area contributed by atoms with Crippen molar-refractivity contribution in [3.8, 4) is 5.75 Å². The predicted octanol–water partition coefficient (Wildman–Crippen LogP) is 12.2. The second-order valence-electron chi connectivity index (χ2n) is 15.1. The smallest absolute Gasteiger partial charge is 0.400 e. The highest BCUT2D eigenvalue weighted by molar-refractivity contribution is 5.25. The van der Waals surface area contributed by atoms with Crippen LogP contribution in [0.4, 0.5) is 30.7 Å². The lowest BCUT2D eigenvalue weighted by atomic mass is 9.65. The Morgan fingerprint density at radius 1 is 0.587 bits per heavy atom. The van der Waals surface area contributed by atoms with Gasteiger partial charge < -0.3 is 9.47 Å². The van der Waals surface area contributed by atoms with Gasteiger partial charge in [-0.2, -0.15) is 17.6 Å². The number of unbranched alkanes of at least 4 members (excludes halogenated alkanes) is 2. The van der Waals surface area contributed by atoms with Crippen molar-refractivity contribution in [1.82, 2.24) is 0 Å². The van der Waals surface area contributed by atoms with Crippen LogP contribution in [-0.4, -0.2) is 18.3 Å². The Morgan fingerprint density at radius 2 is 1.02 bits per heavy atom. The van der Waals surface area contributed by atoms with Crippen molar-refractivity contribution >= 4 is 0 Å². The second-order valence-corrected chi connectivity index (χ2v) is 15.1. The highest BCUT2D eigenvalue weighted by Crippen LogP contribution is 2.49. The molecule has 1 aromatic rings. The predicted molar refractivity (Wildman–Crippen MR) is 164 cm³/mol. The van der Waals surface area contributed by atoms with Crippen molar-refractivity contribution in [2.45, 2.75) is 154 Å². The summed E-state index contributed by atoms with van der Waals surface area (Å²) in [4.78, 5) is 0. The third-order valence-electron chi connectivity index (χ3n) is 12.2. The molecule has 0 heterocycles. The van der Waals surface area contributed by atoms with Crippen molar-refractivity contribution in [2.75, 3.05) is 0 Å². The van der Waals surface area contributed by atoms with Gasteiger partial charge in [0.25, 0.3) is 0 Å². The summed E-state index contributed by atoms with van der Waals surface area (Å²) in [6.45, 7) is 2.27. The summed E-state index contributed by atoms with van der Waals surface area (Å²) in [5, 5.41) is 0. The zero-order valence-corrected chi connectivity index (χ0v) is 27.4. The van der Waals surface area contributed by atoms with Crippen molar-refractivity contribution in [3.05, 3.63) is 29.6 Å². The van der Waals surface area contributed by atoms with E-state index in [1.807, 2.05) is 0 Å². The van der Waals surface area contributed by atoms with Crippen LogP contribution in [-0.2, 0) is 4.74 Å². The first-order chi connectivity index (χ1) is 21.9. The monoisotopic (exact) mass is 662 g/mol. The van der Waals surface area contributed by atoms with E-state index in [1.165, 1.54) is 77.0 Å². The summed E-state index contributed by atoms with van der Waals surface area (Å²) >= 11 is 0. The summed E-state index contributed by atoms with van der Waals surface area (Å²) in [6.07, 6.45) is 10.3. The van der Waals surface area contributed by atoms with Gasteiger partial charge >= 0.3 is 12.2 Å². The minimum Gasteiger partial charge on any atom is -0.432 e. The molecule has 0 aromatic heterocycles. The molecule has 4 saturated carbocycles. The molecular weight excluding hydrogens is 609 g/mol. The molecule has 0 bridgehead atoms. The van der Waals surface area contributed by atoms with Gasteiger partial charge in [-0.05, 0) is 119 Å². The van der Waals surface area contributed by atoms with E-state index in [9.17, 15) is 22.0 Å². The molecule has 4 aliphatic rings. The quantitative estimate of drug-likeness (QED) is 0.126. The lowest BCUT2D eigenvalue weighted by molar-refractivity contribution is -0.306. The summed E-state index contributed by atoms with van der Waals surface area (Å²) in [7, 11) is 0. The van der Waals surface area contributed by atoms with Crippen LogP contribution in [0.3, 0.4) is 0 Å². The Hall–Kier alpha value is -1.51. The maximum atomic E-state index is 15.3. The Kier molecular flexibility index (Phi) is 12.3. The van der Waals surface area contributed by atoms with E-state index < -0.39 is 53.4 Å². The van der Waals surface area contributed by atoms with Crippen molar-refractivity contribution < 1.29 is 40.2 Å². The number of halogens is 7. The molecule has 4 aliphatic carbocycles. The third-order valence-corrected chi connectivity index (χ3v) is 12.2. The van der Waals surface area contributed by atoms with Gasteiger partial charge in [0.05, 0.1) is 17.9 Å². The summed E-state index contributed by atoms with van der Waals surface area (Å²) in [5.74, 6) is -4.26. The van der Waals surface area contributed by atoms with Crippen LogP contribution in [0.2, 0.25) is 0 Å². The molecule has 4 fully saturated rings. The standard InChI is InChI=1S/C37H53F7O2/c1-2-3-4-5-24-6-8-25(9-7-24)26-10-12-27(13-11-26)28-14-16-29(17-15-28)36(41,42)45-31-20-18-30(19-21-31)37(43,44)46-32-22-33(38)35(40)34(39)23-32/h22-31H,2-21H2,1H3. The first-order valence-electron chi connectivity index (χ1n) is 18.2. The fourth-order valence-corrected chi connectivity index (χ4v) is 9.31. The minimum atomic E-state index is -3.80. The number of hydrogen-bond donors (Lipinski definition) is 0. The molecule has 5 rings (SSSR count). The molecule has 9 heteroatoms. The van der Waals surface area contributed by atoms with Gasteiger partial charge in [0.1, 0.15) is 5.75 Å². The summed E-state index contributed by atoms with van der Waals surface area (Å²) in [5.41, 5.74) is 0. The maximum absolute atomic E-state index is 15.3. The van der Waals surface area contributed by atoms with Crippen LogP contribution in [0, 0.1) is 58.9 Å². The van der Waals surface area contributed by atoms with Crippen LogP contribution in [0.5, 0.6) is 5.75 Å². The van der Waals surface area contributed by atoms with Crippen LogP contribution >= 0.6 is 0 Å². The number of alkyl halides is 4. The van der Waals surface area contributed by atoms with Gasteiger partial charge in [0.15, 0.2) is 17.5 Å². The van der Waals surface area contributed by atoms with Crippen LogP contribution < -0.4 is 4.74 Å². The van der Waals surface area contributed by atoms with E-state index >= 15 is 8.78 Å². The van der Waals surface area contributed by atoms with Crippen LogP contribution in [0.25, 0.3) is 0 Å². The average Bonchev–Trinajstić information content (AvgIpc) is 3.04. The SMILES string of the molecule is CCCCCC1CCC(C2CCC(C3CCC(C(F)(F)OC4CCC(C(F)(F)Oc5cc(F)c(F)c(F)c5)CC4)CC3)CC2)CC1. The number of benzene rings is 1. The van der Waals surface area contributed by atoms with E-state index in [2.05, 4.69) is 11.7 Å². The zero-order chi connectivity index (χ0) is 32.9. The Morgan fingerprint density at radius 3 is 1.52 bits per heavy atom. The first-order valence-corrected chi connectivity index (χ1v) is 18.2. The van der Waals surface area contributed by atoms with E-state index in [4.69, 9.17) is 4.74 Å². The lowest BCUT2D eigenvalue weighted by Gasteiger charge is -2.42. The van der Waals surface area contributed by atoms with Gasteiger partial charge in [0.2, 0.25) is 0 Å². The molecule has 0 N–H and O–H groups in total. The van der Waals surface area contributed by atoms with Crippen molar-refractivity contribution in [3.63, 3.8) is 0 Å². The molecular formula is C37H53F7O2. The molecule has 0 radical (unpaired) electrons. The van der Waals surface area contributed by atoms with Crippen LogP contribution in [0.15, 0.2) is 12.1 Å². The zero-order valence-electron chi connectivity index (χ0n) is 27.4. The van der Waals surface area contributed by atoms with Crippen molar-refractivity contribution in [2.24, 2.45) is 41.4 Å². The molecule has 262 valence electrons. The summed E-state index contributed by atoms with van der Waals surface area (Å²) in [6, 6.07) is 0.727. The molecule has 2 nitrogen and oxygen atoms in total. The molecule has 46 heavy (non-hydrogen) atoms. The Bertz CT molecular complexity index is 1060. The minimum absolute atomic E-state index is 0.00440. The van der Waals surface area contributed by atoms with E-state index in [0.29, 0.717) is 36.8 Å². The first kappa shape index (κ1) is 35.8. The molecule has 0 aliphatic heterocycles. The number of rotatable bonds is 12. The van der Waals surface area contributed by atoms with Gasteiger partial charge in [-0.3, -0.25) is 0 Å². The van der Waals surface area contributed by atoms with Crippen molar-refractivity contribution in [1.29, 1.82) is 0 Å². The number of hydrogen-bond acceptors (Lipinski definition) is 2. The number of ether oxygens (including phenoxy) is 2. The second kappa shape index (κ2) is 15.8. The Labute approximate surface area is 270 Å². The molecule has 1 aromatic carbocycles. The molecule has 0 atom stereocenters. The lowest BCUT2D eigenvalue weighted by Crippen LogP contribution is -2.42.